The highest BCUT2D eigenvalue weighted by Crippen LogP contribution is 2.20. The molecule has 1 aromatic rings. The summed E-state index contributed by atoms with van der Waals surface area (Å²) in [6.07, 6.45) is -0.445. The molecule has 1 aromatic carbocycles. The van der Waals surface area contributed by atoms with E-state index >= 15 is 0 Å². The summed E-state index contributed by atoms with van der Waals surface area (Å²) in [5, 5.41) is 11.5. The number of carbonyl (C=O) groups is 6. The minimum absolute atomic E-state index is 0.0118. The van der Waals surface area contributed by atoms with Crippen molar-refractivity contribution in [1.82, 2.24) is 16.0 Å². The van der Waals surface area contributed by atoms with E-state index < -0.39 is 53.1 Å². The Kier molecular flexibility index (Phi) is 20.7. The number of hydrogen-bond donors (Lipinski definition) is 3. The summed E-state index contributed by atoms with van der Waals surface area (Å²) in [6.45, 7) is 11.1. The molecule has 15 nitrogen and oxygen atoms in total. The zero-order valence-corrected chi connectivity index (χ0v) is 30.2. The zero-order chi connectivity index (χ0) is 37.5. The lowest BCUT2D eigenvalue weighted by Gasteiger charge is -2.25. The number of nitrogens with zero attached hydrogens (tertiary/aromatic N) is 3. The first-order chi connectivity index (χ1) is 23.6. The lowest BCUT2D eigenvalue weighted by atomic mass is 9.90. The summed E-state index contributed by atoms with van der Waals surface area (Å²) in [5.41, 5.74) is 8.38. The number of amides is 3. The molecule has 0 fully saturated rings. The molecule has 3 amide bonds. The van der Waals surface area contributed by atoms with Crippen LogP contribution in [0.2, 0.25) is 0 Å². The van der Waals surface area contributed by atoms with Gasteiger partial charge in [-0.3, -0.25) is 19.2 Å². The van der Waals surface area contributed by atoms with Gasteiger partial charge in [0.1, 0.15) is 18.0 Å². The number of azide groups is 1. The summed E-state index contributed by atoms with van der Waals surface area (Å²) in [6, 6.07) is 8.24. The molecular weight excluding hydrogens is 648 g/mol. The highest BCUT2D eigenvalue weighted by Gasteiger charge is 2.32. The Labute approximate surface area is 294 Å². The Morgan fingerprint density at radius 1 is 0.900 bits per heavy atom. The SMILES string of the molecule is CC(=O)C[C@@H](CCCNC(=O)OCc1ccccc1)C(=O)N[C@H](CC(C)C)C(=O)C[C@@H](CC(=O)OC(C)(C)C)C(=O)NCCOCCN=[N+]=[N-]. The van der Waals surface area contributed by atoms with Gasteiger partial charge in [0.25, 0.3) is 0 Å². The van der Waals surface area contributed by atoms with Gasteiger partial charge in [0.2, 0.25) is 11.8 Å². The second kappa shape index (κ2) is 23.8. The molecule has 1 rings (SSSR count). The van der Waals surface area contributed by atoms with Crippen molar-refractivity contribution in [2.24, 2.45) is 22.9 Å². The quantitative estimate of drug-likeness (QED) is 0.0452. The van der Waals surface area contributed by atoms with E-state index in [1.165, 1.54) is 6.92 Å². The predicted octanol–water partition coefficient (Wildman–Crippen LogP) is 4.57. The van der Waals surface area contributed by atoms with Gasteiger partial charge in [-0.1, -0.05) is 49.3 Å². The Bertz CT molecular complexity index is 1290. The van der Waals surface area contributed by atoms with Crippen molar-refractivity contribution in [1.29, 1.82) is 0 Å². The molecule has 0 aromatic heterocycles. The van der Waals surface area contributed by atoms with Crippen LogP contribution in [0.1, 0.15) is 85.6 Å². The topological polar surface area (TPSA) is 215 Å². The number of esters is 1. The van der Waals surface area contributed by atoms with Crippen LogP contribution in [0.3, 0.4) is 0 Å². The van der Waals surface area contributed by atoms with E-state index in [1.54, 1.807) is 20.8 Å². The Balaban J connectivity index is 2.90. The second-order valence-electron chi connectivity index (χ2n) is 13.4. The van der Waals surface area contributed by atoms with E-state index in [0.29, 0.717) is 6.42 Å². The number of alkyl carbamates (subject to hydrolysis) is 1. The number of rotatable bonds is 24. The van der Waals surface area contributed by atoms with Crippen molar-refractivity contribution >= 4 is 35.4 Å². The third-order valence-electron chi connectivity index (χ3n) is 7.12. The van der Waals surface area contributed by atoms with Crippen molar-refractivity contribution in [2.75, 3.05) is 32.8 Å². The molecule has 0 spiro atoms. The highest BCUT2D eigenvalue weighted by atomic mass is 16.6. The molecule has 0 aliphatic rings. The molecule has 0 heterocycles. The molecule has 0 radical (unpaired) electrons. The van der Waals surface area contributed by atoms with Crippen LogP contribution >= 0.6 is 0 Å². The maximum Gasteiger partial charge on any atom is 0.407 e. The molecule has 0 saturated carbocycles. The van der Waals surface area contributed by atoms with E-state index in [2.05, 4.69) is 26.0 Å². The standard InChI is InChI=1S/C35H54N6O9/c1-24(2)19-29(30(43)21-28(22-31(44)50-35(4,5)6)32(45)37-15-17-48-18-16-39-41-36)40-33(46)27(20-25(3)42)13-10-14-38-34(47)49-23-26-11-8-7-9-12-26/h7-9,11-12,24,27-29H,10,13-23H2,1-6H3,(H,37,45)(H,38,47)(H,40,46)/t27-,28+,29-/m1/s1. The molecule has 0 saturated heterocycles. The van der Waals surface area contributed by atoms with Crippen LogP contribution in [0, 0.1) is 17.8 Å². The number of ketones is 2. The first-order valence-corrected chi connectivity index (χ1v) is 17.0. The Morgan fingerprint density at radius 2 is 1.60 bits per heavy atom. The molecule has 0 aliphatic heterocycles. The molecule has 0 unspecified atom stereocenters. The molecular formula is C35H54N6O9. The van der Waals surface area contributed by atoms with Crippen molar-refractivity contribution < 1.29 is 43.0 Å². The van der Waals surface area contributed by atoms with E-state index in [-0.39, 0.29) is 83.3 Å². The molecule has 50 heavy (non-hydrogen) atoms. The van der Waals surface area contributed by atoms with Crippen LogP contribution in [0.4, 0.5) is 4.79 Å². The summed E-state index contributed by atoms with van der Waals surface area (Å²) in [7, 11) is 0. The minimum atomic E-state index is -1.08. The summed E-state index contributed by atoms with van der Waals surface area (Å²) in [5.74, 6) is -4.18. The summed E-state index contributed by atoms with van der Waals surface area (Å²) < 4.78 is 15.9. The van der Waals surface area contributed by atoms with E-state index in [1.807, 2.05) is 44.2 Å². The third kappa shape index (κ3) is 20.8. The lowest BCUT2D eigenvalue weighted by Crippen LogP contribution is -2.46. The molecule has 0 bridgehead atoms. The summed E-state index contributed by atoms with van der Waals surface area (Å²) in [4.78, 5) is 79.8. The number of hydrogen-bond acceptors (Lipinski definition) is 10. The van der Waals surface area contributed by atoms with Crippen LogP contribution in [0.5, 0.6) is 0 Å². The van der Waals surface area contributed by atoms with E-state index in [4.69, 9.17) is 19.7 Å². The van der Waals surface area contributed by atoms with E-state index in [0.717, 1.165) is 5.56 Å². The van der Waals surface area contributed by atoms with Crippen molar-refractivity contribution in [3.8, 4) is 0 Å². The maximum atomic E-state index is 13.7. The van der Waals surface area contributed by atoms with Gasteiger partial charge >= 0.3 is 12.1 Å². The number of ether oxygens (including phenoxy) is 3. The molecule has 278 valence electrons. The smallest absolute Gasteiger partial charge is 0.407 e. The predicted molar refractivity (Wildman–Crippen MR) is 185 cm³/mol. The summed E-state index contributed by atoms with van der Waals surface area (Å²) >= 11 is 0. The van der Waals surface area contributed by atoms with Gasteiger partial charge in [0.05, 0.1) is 31.6 Å². The fourth-order valence-corrected chi connectivity index (χ4v) is 4.89. The van der Waals surface area contributed by atoms with Gasteiger partial charge in [0.15, 0.2) is 5.78 Å². The number of Topliss-reactive ketones (excluding diaryl/α,β-unsaturated/α-hetero) is 2. The van der Waals surface area contributed by atoms with Gasteiger partial charge in [0, 0.05) is 43.3 Å². The van der Waals surface area contributed by atoms with Crippen molar-refractivity contribution in [3.63, 3.8) is 0 Å². The normalized spacial score (nSPS) is 12.9. The maximum absolute atomic E-state index is 13.7. The third-order valence-corrected chi connectivity index (χ3v) is 7.12. The average molecular weight is 703 g/mol. The van der Waals surface area contributed by atoms with E-state index in [9.17, 15) is 28.8 Å². The van der Waals surface area contributed by atoms with Gasteiger partial charge in [-0.25, -0.2) is 4.79 Å². The first kappa shape index (κ1) is 43.5. The molecule has 3 atom stereocenters. The van der Waals surface area contributed by atoms with Gasteiger partial charge in [-0.15, -0.1) is 0 Å². The van der Waals surface area contributed by atoms with Crippen LogP contribution in [0.15, 0.2) is 35.4 Å². The van der Waals surface area contributed by atoms with Crippen LogP contribution in [-0.4, -0.2) is 79.9 Å². The van der Waals surface area contributed by atoms with Crippen LogP contribution in [0.25, 0.3) is 10.4 Å². The monoisotopic (exact) mass is 702 g/mol. The Morgan fingerprint density at radius 3 is 2.22 bits per heavy atom. The lowest BCUT2D eigenvalue weighted by molar-refractivity contribution is -0.157. The van der Waals surface area contributed by atoms with Crippen molar-refractivity contribution in [3.05, 3.63) is 46.3 Å². The van der Waals surface area contributed by atoms with Gasteiger partial charge in [-0.2, -0.15) is 0 Å². The van der Waals surface area contributed by atoms with Gasteiger partial charge < -0.3 is 35.0 Å². The van der Waals surface area contributed by atoms with Crippen LogP contribution < -0.4 is 16.0 Å². The Hall–Kier alpha value is -4.49. The number of carbonyl (C=O) groups excluding carboxylic acids is 6. The molecule has 15 heteroatoms. The fourth-order valence-electron chi connectivity index (χ4n) is 4.89. The van der Waals surface area contributed by atoms with Gasteiger partial charge in [-0.05, 0) is 64.0 Å². The number of nitrogens with one attached hydrogen (secondary N) is 3. The first-order valence-electron chi connectivity index (χ1n) is 17.0. The second-order valence-corrected chi connectivity index (χ2v) is 13.4. The van der Waals surface area contributed by atoms with Crippen molar-refractivity contribution in [2.45, 2.75) is 98.3 Å². The molecule has 3 N–H and O–H groups in total. The zero-order valence-electron chi connectivity index (χ0n) is 30.2. The average Bonchev–Trinajstić information content (AvgIpc) is 3.03. The molecule has 0 aliphatic carbocycles. The number of benzene rings is 1. The minimum Gasteiger partial charge on any atom is -0.460 e. The fraction of sp³-hybridized carbons (Fsp3) is 0.657. The largest absolute Gasteiger partial charge is 0.460 e. The van der Waals surface area contributed by atoms with Crippen LogP contribution in [-0.2, 0) is 44.8 Å². The highest BCUT2D eigenvalue weighted by molar-refractivity contribution is 5.94.